The van der Waals surface area contributed by atoms with Crippen LogP contribution in [0, 0.1) is 5.92 Å². The third-order valence-corrected chi connectivity index (χ3v) is 6.02. The van der Waals surface area contributed by atoms with Crippen LogP contribution in [-0.4, -0.2) is 41.7 Å². The van der Waals surface area contributed by atoms with Gasteiger partial charge in [0.15, 0.2) is 5.13 Å². The quantitative estimate of drug-likeness (QED) is 0.366. The van der Waals surface area contributed by atoms with E-state index < -0.39 is 0 Å². The molecule has 3 aromatic rings. The molecule has 9 heteroatoms. The monoisotopic (exact) mass is 469 g/mol. The summed E-state index contributed by atoms with van der Waals surface area (Å²) in [6, 6.07) is 9.50. The van der Waals surface area contributed by atoms with Crippen molar-refractivity contribution in [2.75, 3.05) is 30.9 Å². The average molecular weight is 470 g/mol. The molecule has 1 unspecified atom stereocenters. The van der Waals surface area contributed by atoms with Crippen molar-refractivity contribution in [1.29, 1.82) is 0 Å². The summed E-state index contributed by atoms with van der Waals surface area (Å²) in [7, 11) is 1.75. The SMILES string of the molecule is CCCC(CC)COc1cccc(-c2csc(NC(=O)CNC(=O)c3ccn(NC)c3)n2)c1. The Morgan fingerprint density at radius 3 is 2.82 bits per heavy atom. The molecule has 0 aliphatic rings. The van der Waals surface area contributed by atoms with E-state index in [1.807, 2.05) is 29.6 Å². The van der Waals surface area contributed by atoms with Crippen LogP contribution in [0.5, 0.6) is 5.75 Å². The van der Waals surface area contributed by atoms with E-state index in [0.29, 0.717) is 23.2 Å². The third-order valence-electron chi connectivity index (χ3n) is 5.26. The van der Waals surface area contributed by atoms with Crippen LogP contribution < -0.4 is 20.8 Å². The molecule has 33 heavy (non-hydrogen) atoms. The van der Waals surface area contributed by atoms with Crippen LogP contribution in [0.15, 0.2) is 48.1 Å². The lowest BCUT2D eigenvalue weighted by Gasteiger charge is -2.15. The maximum absolute atomic E-state index is 12.2. The van der Waals surface area contributed by atoms with Crippen molar-refractivity contribution in [3.8, 4) is 17.0 Å². The molecule has 0 fully saturated rings. The van der Waals surface area contributed by atoms with E-state index in [1.54, 1.807) is 30.2 Å². The Bertz CT molecular complexity index is 1060. The molecule has 0 saturated carbocycles. The lowest BCUT2D eigenvalue weighted by Crippen LogP contribution is -2.32. The number of rotatable bonds is 12. The van der Waals surface area contributed by atoms with Crippen LogP contribution in [0.3, 0.4) is 0 Å². The highest BCUT2D eigenvalue weighted by Gasteiger charge is 2.12. The summed E-state index contributed by atoms with van der Waals surface area (Å²) in [4.78, 5) is 28.9. The van der Waals surface area contributed by atoms with E-state index in [4.69, 9.17) is 4.74 Å². The number of carbonyl (C=O) groups is 2. The Kier molecular flexibility index (Phi) is 8.88. The minimum absolute atomic E-state index is 0.141. The van der Waals surface area contributed by atoms with Gasteiger partial charge in [0, 0.05) is 30.4 Å². The number of thiazole rings is 1. The van der Waals surface area contributed by atoms with Gasteiger partial charge in [-0.2, -0.15) is 0 Å². The summed E-state index contributed by atoms with van der Waals surface area (Å²) in [5, 5.41) is 7.71. The van der Waals surface area contributed by atoms with Gasteiger partial charge in [0.25, 0.3) is 5.91 Å². The van der Waals surface area contributed by atoms with Crippen molar-refractivity contribution in [2.45, 2.75) is 33.1 Å². The van der Waals surface area contributed by atoms with Crippen LogP contribution >= 0.6 is 11.3 Å². The van der Waals surface area contributed by atoms with Gasteiger partial charge in [-0.25, -0.2) is 4.98 Å². The van der Waals surface area contributed by atoms with E-state index in [1.165, 1.54) is 11.3 Å². The number of aromatic nitrogens is 2. The fourth-order valence-corrected chi connectivity index (χ4v) is 4.07. The predicted octanol–water partition coefficient (Wildman–Crippen LogP) is 4.36. The summed E-state index contributed by atoms with van der Waals surface area (Å²) >= 11 is 1.34. The number of anilines is 1. The molecule has 2 heterocycles. The molecule has 176 valence electrons. The Morgan fingerprint density at radius 1 is 1.24 bits per heavy atom. The number of amides is 2. The largest absolute Gasteiger partial charge is 0.493 e. The molecule has 0 aliphatic carbocycles. The molecule has 2 amide bonds. The third kappa shape index (κ3) is 7.08. The minimum Gasteiger partial charge on any atom is -0.493 e. The first-order valence-corrected chi connectivity index (χ1v) is 12.0. The maximum atomic E-state index is 12.2. The zero-order chi connectivity index (χ0) is 23.6. The fourth-order valence-electron chi connectivity index (χ4n) is 3.33. The summed E-state index contributed by atoms with van der Waals surface area (Å²) in [5.41, 5.74) is 5.04. The second-order valence-electron chi connectivity index (χ2n) is 7.70. The van der Waals surface area contributed by atoms with Crippen LogP contribution in [0.4, 0.5) is 5.13 Å². The Labute approximate surface area is 198 Å². The van der Waals surface area contributed by atoms with E-state index in [-0.39, 0.29) is 18.4 Å². The van der Waals surface area contributed by atoms with Crippen LogP contribution in [-0.2, 0) is 4.79 Å². The van der Waals surface area contributed by atoms with Crippen LogP contribution in [0.2, 0.25) is 0 Å². The van der Waals surface area contributed by atoms with Crippen molar-refractivity contribution in [1.82, 2.24) is 15.0 Å². The summed E-state index contributed by atoms with van der Waals surface area (Å²) in [5.74, 6) is 0.717. The number of nitrogens with one attached hydrogen (secondary N) is 3. The second-order valence-corrected chi connectivity index (χ2v) is 8.56. The van der Waals surface area contributed by atoms with Crippen molar-refractivity contribution >= 4 is 28.3 Å². The molecule has 3 rings (SSSR count). The molecular formula is C24H31N5O3S. The van der Waals surface area contributed by atoms with Crippen molar-refractivity contribution in [3.63, 3.8) is 0 Å². The van der Waals surface area contributed by atoms with Gasteiger partial charge in [0.1, 0.15) is 5.75 Å². The number of benzene rings is 1. The molecule has 0 aliphatic heterocycles. The fraction of sp³-hybridized carbons (Fsp3) is 0.375. The first-order valence-electron chi connectivity index (χ1n) is 11.1. The van der Waals surface area contributed by atoms with Crippen molar-refractivity contribution < 1.29 is 14.3 Å². The highest BCUT2D eigenvalue weighted by atomic mass is 32.1. The van der Waals surface area contributed by atoms with Gasteiger partial charge in [-0.05, 0) is 30.5 Å². The molecule has 3 N–H and O–H groups in total. The zero-order valence-corrected chi connectivity index (χ0v) is 20.1. The molecule has 1 atom stereocenters. The number of hydrogen-bond acceptors (Lipinski definition) is 6. The molecule has 0 spiro atoms. The summed E-state index contributed by atoms with van der Waals surface area (Å²) in [6.45, 7) is 4.95. The van der Waals surface area contributed by atoms with Crippen LogP contribution in [0.1, 0.15) is 43.5 Å². The average Bonchev–Trinajstić information content (AvgIpc) is 3.50. The maximum Gasteiger partial charge on any atom is 0.253 e. The van der Waals surface area contributed by atoms with Gasteiger partial charge in [-0.1, -0.05) is 38.8 Å². The first kappa shape index (κ1) is 24.3. The molecule has 1 aromatic carbocycles. The normalized spacial score (nSPS) is 11.6. The highest BCUT2D eigenvalue weighted by molar-refractivity contribution is 7.14. The van der Waals surface area contributed by atoms with E-state index in [9.17, 15) is 9.59 Å². The molecule has 2 aromatic heterocycles. The lowest BCUT2D eigenvalue weighted by atomic mass is 10.0. The van der Waals surface area contributed by atoms with E-state index in [2.05, 4.69) is 34.9 Å². The Balaban J connectivity index is 1.52. The molecular weight excluding hydrogens is 438 g/mol. The lowest BCUT2D eigenvalue weighted by molar-refractivity contribution is -0.115. The van der Waals surface area contributed by atoms with Crippen molar-refractivity contribution in [3.05, 3.63) is 53.7 Å². The Morgan fingerprint density at radius 2 is 2.09 bits per heavy atom. The number of hydrogen-bond donors (Lipinski definition) is 3. The van der Waals surface area contributed by atoms with E-state index in [0.717, 1.165) is 36.3 Å². The molecule has 0 saturated heterocycles. The summed E-state index contributed by atoms with van der Waals surface area (Å²) < 4.78 is 7.66. The van der Waals surface area contributed by atoms with Crippen molar-refractivity contribution in [2.24, 2.45) is 5.92 Å². The number of carbonyl (C=O) groups excluding carboxylic acids is 2. The van der Waals surface area contributed by atoms with Gasteiger partial charge in [0.05, 0.1) is 24.4 Å². The molecule has 0 radical (unpaired) electrons. The number of ether oxygens (including phenoxy) is 1. The minimum atomic E-state index is -0.337. The Hall–Kier alpha value is -3.33. The standard InChI is InChI=1S/C24H31N5O3S/c1-4-7-17(5-2)15-32-20-9-6-8-18(12-20)21-16-33-24(27-21)28-22(30)13-26-23(31)19-10-11-29(14-19)25-3/h6,8-12,14,16-17,25H,4-5,7,13,15H2,1-3H3,(H,26,31)(H,27,28,30). The first-order chi connectivity index (χ1) is 16.0. The highest BCUT2D eigenvalue weighted by Crippen LogP contribution is 2.28. The van der Waals surface area contributed by atoms with Crippen LogP contribution in [0.25, 0.3) is 11.3 Å². The molecule has 0 bridgehead atoms. The topological polar surface area (TPSA) is 97.3 Å². The summed E-state index contributed by atoms with van der Waals surface area (Å²) in [6.07, 6.45) is 6.78. The molecule has 8 nitrogen and oxygen atoms in total. The smallest absolute Gasteiger partial charge is 0.253 e. The zero-order valence-electron chi connectivity index (χ0n) is 19.3. The van der Waals surface area contributed by atoms with Gasteiger partial charge in [-0.15, -0.1) is 11.3 Å². The van der Waals surface area contributed by atoms with Gasteiger partial charge in [0.2, 0.25) is 5.91 Å². The predicted molar refractivity (Wildman–Crippen MR) is 132 cm³/mol. The van der Waals surface area contributed by atoms with Gasteiger partial charge in [-0.3, -0.25) is 14.3 Å². The van der Waals surface area contributed by atoms with E-state index >= 15 is 0 Å². The number of nitrogens with zero attached hydrogens (tertiary/aromatic N) is 2. The second kappa shape index (κ2) is 12.1. The van der Waals surface area contributed by atoms with Gasteiger partial charge >= 0.3 is 0 Å². The van der Waals surface area contributed by atoms with Gasteiger partial charge < -0.3 is 20.8 Å².